The van der Waals surface area contributed by atoms with Gasteiger partial charge in [-0.25, -0.2) is 0 Å². The molecule has 3 amide bonds. The van der Waals surface area contributed by atoms with Crippen LogP contribution in [0.5, 0.6) is 0 Å². The topological polar surface area (TPSA) is 78.5 Å². The Kier molecular flexibility index (Phi) is 2.68. The number of carbonyl (C=O) groups is 3. The summed E-state index contributed by atoms with van der Waals surface area (Å²) < 4.78 is 0. The standard InChI is InChI=1S/C9H13N3O3/c13-7-4-12(5-8(14)11-7)9(15)6-2-1-3-10-6/h6,10H,1-5H2,(H,11,13,14)/t6-/m0/s1. The normalized spacial score (nSPS) is 26.7. The van der Waals surface area contributed by atoms with Gasteiger partial charge in [0.25, 0.3) is 0 Å². The van der Waals surface area contributed by atoms with Crippen molar-refractivity contribution >= 4 is 17.7 Å². The fourth-order valence-corrected chi connectivity index (χ4v) is 1.91. The maximum absolute atomic E-state index is 11.8. The Hall–Kier alpha value is -1.43. The summed E-state index contributed by atoms with van der Waals surface area (Å²) in [5.74, 6) is -0.953. The van der Waals surface area contributed by atoms with Crippen molar-refractivity contribution in [1.82, 2.24) is 15.5 Å². The Labute approximate surface area is 87.0 Å². The van der Waals surface area contributed by atoms with E-state index in [0.29, 0.717) is 0 Å². The number of nitrogens with one attached hydrogen (secondary N) is 2. The minimum Gasteiger partial charge on any atom is -0.323 e. The highest BCUT2D eigenvalue weighted by Crippen LogP contribution is 2.09. The zero-order valence-electron chi connectivity index (χ0n) is 8.28. The van der Waals surface area contributed by atoms with E-state index in [4.69, 9.17) is 0 Å². The van der Waals surface area contributed by atoms with E-state index >= 15 is 0 Å². The lowest BCUT2D eigenvalue weighted by molar-refractivity contribution is -0.146. The summed E-state index contributed by atoms with van der Waals surface area (Å²) >= 11 is 0. The first-order valence-electron chi connectivity index (χ1n) is 5.01. The number of rotatable bonds is 1. The molecule has 0 aromatic carbocycles. The molecule has 6 heteroatoms. The van der Waals surface area contributed by atoms with Gasteiger partial charge in [-0.05, 0) is 19.4 Å². The van der Waals surface area contributed by atoms with E-state index in [1.807, 2.05) is 0 Å². The van der Waals surface area contributed by atoms with Crippen LogP contribution in [0.2, 0.25) is 0 Å². The Balaban J connectivity index is 1.99. The van der Waals surface area contributed by atoms with E-state index in [2.05, 4.69) is 10.6 Å². The van der Waals surface area contributed by atoms with Gasteiger partial charge in [-0.1, -0.05) is 0 Å². The van der Waals surface area contributed by atoms with Crippen LogP contribution < -0.4 is 10.6 Å². The van der Waals surface area contributed by atoms with E-state index in [1.165, 1.54) is 4.90 Å². The van der Waals surface area contributed by atoms with Crippen LogP contribution in [0.1, 0.15) is 12.8 Å². The Bertz CT molecular complexity index is 294. The molecule has 0 aromatic heterocycles. The number of nitrogens with zero attached hydrogens (tertiary/aromatic N) is 1. The lowest BCUT2D eigenvalue weighted by atomic mass is 10.2. The van der Waals surface area contributed by atoms with Crippen molar-refractivity contribution in [2.45, 2.75) is 18.9 Å². The molecule has 2 N–H and O–H groups in total. The quantitative estimate of drug-likeness (QED) is 0.503. The van der Waals surface area contributed by atoms with E-state index in [9.17, 15) is 14.4 Å². The lowest BCUT2D eigenvalue weighted by Gasteiger charge is -2.27. The lowest BCUT2D eigenvalue weighted by Crippen LogP contribution is -2.56. The second kappa shape index (κ2) is 3.98. The molecule has 15 heavy (non-hydrogen) atoms. The first-order chi connectivity index (χ1) is 7.16. The molecule has 2 rings (SSSR count). The van der Waals surface area contributed by atoms with Gasteiger partial charge < -0.3 is 10.2 Å². The SMILES string of the molecule is O=C1CN(C(=O)[C@@H]2CCCN2)CC(=O)N1. The third-order valence-corrected chi connectivity index (χ3v) is 2.62. The minimum atomic E-state index is -0.405. The zero-order valence-corrected chi connectivity index (χ0v) is 8.28. The highest BCUT2D eigenvalue weighted by Gasteiger charge is 2.32. The highest BCUT2D eigenvalue weighted by atomic mass is 16.2. The molecule has 0 bridgehead atoms. The van der Waals surface area contributed by atoms with Crippen molar-refractivity contribution in [3.8, 4) is 0 Å². The summed E-state index contributed by atoms with van der Waals surface area (Å²) in [5.41, 5.74) is 0. The van der Waals surface area contributed by atoms with E-state index in [0.717, 1.165) is 19.4 Å². The van der Waals surface area contributed by atoms with Gasteiger partial charge in [0, 0.05) is 0 Å². The molecule has 0 radical (unpaired) electrons. The molecular formula is C9H13N3O3. The van der Waals surface area contributed by atoms with Gasteiger partial charge >= 0.3 is 0 Å². The van der Waals surface area contributed by atoms with Gasteiger partial charge in [0.2, 0.25) is 17.7 Å². The van der Waals surface area contributed by atoms with Crippen LogP contribution in [0.25, 0.3) is 0 Å². The van der Waals surface area contributed by atoms with Crippen LogP contribution in [-0.4, -0.2) is 48.3 Å². The Morgan fingerprint density at radius 2 is 1.93 bits per heavy atom. The molecule has 0 spiro atoms. The summed E-state index contributed by atoms with van der Waals surface area (Å²) in [6.45, 7) is 0.801. The van der Waals surface area contributed by atoms with Crippen molar-refractivity contribution in [2.24, 2.45) is 0 Å². The third kappa shape index (κ3) is 2.15. The number of carbonyl (C=O) groups excluding carboxylic acids is 3. The summed E-state index contributed by atoms with van der Waals surface area (Å²) in [7, 11) is 0. The average Bonchev–Trinajstić information content (AvgIpc) is 2.67. The van der Waals surface area contributed by atoms with Gasteiger partial charge in [-0.2, -0.15) is 0 Å². The molecule has 82 valence electrons. The molecule has 1 atom stereocenters. The van der Waals surface area contributed by atoms with E-state index < -0.39 is 11.8 Å². The van der Waals surface area contributed by atoms with Crippen molar-refractivity contribution in [3.05, 3.63) is 0 Å². The van der Waals surface area contributed by atoms with Crippen molar-refractivity contribution in [1.29, 1.82) is 0 Å². The fraction of sp³-hybridized carbons (Fsp3) is 0.667. The predicted molar refractivity (Wildman–Crippen MR) is 50.8 cm³/mol. The Morgan fingerprint density at radius 3 is 2.47 bits per heavy atom. The van der Waals surface area contributed by atoms with Gasteiger partial charge in [0.1, 0.15) is 13.1 Å². The second-order valence-electron chi connectivity index (χ2n) is 3.81. The van der Waals surface area contributed by atoms with Crippen molar-refractivity contribution in [3.63, 3.8) is 0 Å². The molecule has 2 saturated heterocycles. The molecular weight excluding hydrogens is 198 g/mol. The van der Waals surface area contributed by atoms with Crippen LogP contribution in [0.15, 0.2) is 0 Å². The Morgan fingerprint density at radius 1 is 1.27 bits per heavy atom. The van der Waals surface area contributed by atoms with E-state index in [-0.39, 0.29) is 25.0 Å². The van der Waals surface area contributed by atoms with Crippen LogP contribution in [0.3, 0.4) is 0 Å². The highest BCUT2D eigenvalue weighted by molar-refractivity contribution is 6.03. The molecule has 0 aliphatic carbocycles. The molecule has 2 aliphatic rings. The van der Waals surface area contributed by atoms with Crippen LogP contribution in [0, 0.1) is 0 Å². The largest absolute Gasteiger partial charge is 0.323 e. The van der Waals surface area contributed by atoms with Crippen molar-refractivity contribution in [2.75, 3.05) is 19.6 Å². The maximum atomic E-state index is 11.8. The molecule has 0 unspecified atom stereocenters. The summed E-state index contributed by atoms with van der Waals surface area (Å²) in [6.07, 6.45) is 1.75. The monoisotopic (exact) mass is 211 g/mol. The van der Waals surface area contributed by atoms with Gasteiger partial charge in [-0.3, -0.25) is 19.7 Å². The summed E-state index contributed by atoms with van der Waals surface area (Å²) in [6, 6.07) is -0.219. The average molecular weight is 211 g/mol. The number of hydrogen-bond acceptors (Lipinski definition) is 4. The van der Waals surface area contributed by atoms with Gasteiger partial charge in [-0.15, -0.1) is 0 Å². The molecule has 0 aromatic rings. The predicted octanol–water partition coefficient (Wildman–Crippen LogP) is -1.78. The third-order valence-electron chi connectivity index (χ3n) is 2.62. The summed E-state index contributed by atoms with van der Waals surface area (Å²) in [4.78, 5) is 35.2. The molecule has 6 nitrogen and oxygen atoms in total. The number of hydrogen-bond donors (Lipinski definition) is 2. The van der Waals surface area contributed by atoms with Gasteiger partial charge in [0.05, 0.1) is 6.04 Å². The molecule has 0 saturated carbocycles. The van der Waals surface area contributed by atoms with Crippen LogP contribution >= 0.6 is 0 Å². The smallest absolute Gasteiger partial charge is 0.246 e. The first-order valence-corrected chi connectivity index (χ1v) is 5.01. The first kappa shape index (κ1) is 10.1. The molecule has 2 heterocycles. The molecule has 2 aliphatic heterocycles. The molecule has 2 fully saturated rings. The van der Waals surface area contributed by atoms with Gasteiger partial charge in [0.15, 0.2) is 0 Å². The second-order valence-corrected chi connectivity index (χ2v) is 3.81. The minimum absolute atomic E-state index is 0.0112. The summed E-state index contributed by atoms with van der Waals surface area (Å²) in [5, 5.41) is 5.21. The van der Waals surface area contributed by atoms with E-state index in [1.54, 1.807) is 0 Å². The van der Waals surface area contributed by atoms with Crippen LogP contribution in [0.4, 0.5) is 0 Å². The zero-order chi connectivity index (χ0) is 10.8. The number of amides is 3. The number of imide groups is 1. The maximum Gasteiger partial charge on any atom is 0.246 e. The fourth-order valence-electron chi connectivity index (χ4n) is 1.91. The number of piperazine rings is 1. The van der Waals surface area contributed by atoms with Crippen molar-refractivity contribution < 1.29 is 14.4 Å². The van der Waals surface area contributed by atoms with Crippen LogP contribution in [-0.2, 0) is 14.4 Å².